The smallest absolute Gasteiger partial charge is 0.119 e. The number of rotatable bonds is 5. The Morgan fingerprint density at radius 2 is 2.13 bits per heavy atom. The summed E-state index contributed by atoms with van der Waals surface area (Å²) in [5, 5.41) is 0. The summed E-state index contributed by atoms with van der Waals surface area (Å²) >= 11 is 0. The maximum absolute atomic E-state index is 5.80. The summed E-state index contributed by atoms with van der Waals surface area (Å²) in [6.45, 7) is 5.14. The van der Waals surface area contributed by atoms with E-state index in [4.69, 9.17) is 10.5 Å². The number of hydrogen-bond acceptors (Lipinski definition) is 2. The van der Waals surface area contributed by atoms with Crippen molar-refractivity contribution in [1.29, 1.82) is 0 Å². The van der Waals surface area contributed by atoms with Gasteiger partial charge in [0.05, 0.1) is 7.11 Å². The summed E-state index contributed by atoms with van der Waals surface area (Å²) < 4.78 is 5.21. The standard InChI is InChI=1S/C13H21NO/c1-4-13(2,10-14)9-11-6-5-7-12(8-11)15-3/h5-8H,4,9-10,14H2,1-3H3. The molecule has 0 aromatic heterocycles. The lowest BCUT2D eigenvalue weighted by Crippen LogP contribution is -2.28. The minimum atomic E-state index is 0.201. The van der Waals surface area contributed by atoms with Crippen LogP contribution in [-0.2, 0) is 6.42 Å². The molecule has 15 heavy (non-hydrogen) atoms. The van der Waals surface area contributed by atoms with Crippen LogP contribution in [0, 0.1) is 5.41 Å². The second-order valence-electron chi connectivity index (χ2n) is 4.40. The lowest BCUT2D eigenvalue weighted by molar-refractivity contribution is 0.320. The van der Waals surface area contributed by atoms with Gasteiger partial charge >= 0.3 is 0 Å². The molecule has 0 aliphatic carbocycles. The molecule has 0 saturated heterocycles. The van der Waals surface area contributed by atoms with Crippen molar-refractivity contribution in [2.45, 2.75) is 26.7 Å². The Morgan fingerprint density at radius 1 is 1.40 bits per heavy atom. The molecule has 84 valence electrons. The first-order chi connectivity index (χ1) is 7.13. The van der Waals surface area contributed by atoms with Crippen LogP contribution in [-0.4, -0.2) is 13.7 Å². The second-order valence-corrected chi connectivity index (χ2v) is 4.40. The van der Waals surface area contributed by atoms with Crippen LogP contribution in [0.3, 0.4) is 0 Å². The molecule has 0 fully saturated rings. The zero-order valence-corrected chi connectivity index (χ0v) is 9.92. The molecule has 1 unspecified atom stereocenters. The molecule has 0 heterocycles. The van der Waals surface area contributed by atoms with Crippen molar-refractivity contribution in [3.8, 4) is 5.75 Å². The van der Waals surface area contributed by atoms with Gasteiger partial charge in [0, 0.05) is 0 Å². The van der Waals surface area contributed by atoms with Gasteiger partial charge in [0.15, 0.2) is 0 Å². The summed E-state index contributed by atoms with van der Waals surface area (Å²) in [5.41, 5.74) is 7.30. The van der Waals surface area contributed by atoms with Gasteiger partial charge in [-0.05, 0) is 42.5 Å². The van der Waals surface area contributed by atoms with Gasteiger partial charge in [-0.15, -0.1) is 0 Å². The molecule has 1 aromatic carbocycles. The largest absolute Gasteiger partial charge is 0.497 e. The highest BCUT2D eigenvalue weighted by molar-refractivity contribution is 5.29. The highest BCUT2D eigenvalue weighted by atomic mass is 16.5. The van der Waals surface area contributed by atoms with Gasteiger partial charge in [-0.1, -0.05) is 26.0 Å². The van der Waals surface area contributed by atoms with Gasteiger partial charge in [0.2, 0.25) is 0 Å². The zero-order valence-electron chi connectivity index (χ0n) is 9.92. The molecule has 2 N–H and O–H groups in total. The van der Waals surface area contributed by atoms with Crippen LogP contribution >= 0.6 is 0 Å². The highest BCUT2D eigenvalue weighted by Crippen LogP contribution is 2.26. The van der Waals surface area contributed by atoms with Gasteiger partial charge in [0.25, 0.3) is 0 Å². The van der Waals surface area contributed by atoms with Crippen LogP contribution in [0.25, 0.3) is 0 Å². The van der Waals surface area contributed by atoms with Crippen molar-refractivity contribution in [3.63, 3.8) is 0 Å². The van der Waals surface area contributed by atoms with Crippen LogP contribution in [0.5, 0.6) is 5.75 Å². The van der Waals surface area contributed by atoms with Gasteiger partial charge in [-0.25, -0.2) is 0 Å². The molecule has 1 atom stereocenters. The molecule has 0 aliphatic rings. The first-order valence-electron chi connectivity index (χ1n) is 5.46. The Bertz CT molecular complexity index is 305. The molecule has 0 saturated carbocycles. The van der Waals surface area contributed by atoms with Crippen LogP contribution in [0.4, 0.5) is 0 Å². The maximum atomic E-state index is 5.80. The number of hydrogen-bond donors (Lipinski definition) is 1. The van der Waals surface area contributed by atoms with E-state index in [1.165, 1.54) is 5.56 Å². The third-order valence-electron chi connectivity index (χ3n) is 3.11. The van der Waals surface area contributed by atoms with E-state index in [0.717, 1.165) is 25.1 Å². The number of ether oxygens (including phenoxy) is 1. The molecular weight excluding hydrogens is 186 g/mol. The molecule has 2 nitrogen and oxygen atoms in total. The van der Waals surface area contributed by atoms with Crippen LogP contribution < -0.4 is 10.5 Å². The van der Waals surface area contributed by atoms with E-state index in [2.05, 4.69) is 26.0 Å². The van der Waals surface area contributed by atoms with Crippen molar-refractivity contribution >= 4 is 0 Å². The quantitative estimate of drug-likeness (QED) is 0.805. The number of nitrogens with two attached hydrogens (primary N) is 1. The van der Waals surface area contributed by atoms with Crippen LogP contribution in [0.2, 0.25) is 0 Å². The van der Waals surface area contributed by atoms with Crippen molar-refractivity contribution in [2.24, 2.45) is 11.1 Å². The van der Waals surface area contributed by atoms with Gasteiger partial charge in [0.1, 0.15) is 5.75 Å². The summed E-state index contributed by atoms with van der Waals surface area (Å²) in [6.07, 6.45) is 2.11. The molecule has 2 heteroatoms. The topological polar surface area (TPSA) is 35.2 Å². The predicted octanol–water partition coefficient (Wildman–Crippen LogP) is 2.61. The molecule has 1 rings (SSSR count). The normalized spacial score (nSPS) is 14.7. The summed E-state index contributed by atoms with van der Waals surface area (Å²) in [7, 11) is 1.70. The fraction of sp³-hybridized carbons (Fsp3) is 0.538. The molecular formula is C13H21NO. The SMILES string of the molecule is CCC(C)(CN)Cc1cccc(OC)c1. The van der Waals surface area contributed by atoms with Crippen molar-refractivity contribution in [1.82, 2.24) is 0 Å². The number of methoxy groups -OCH3 is 1. The van der Waals surface area contributed by atoms with E-state index >= 15 is 0 Å². The fourth-order valence-corrected chi connectivity index (χ4v) is 1.62. The molecule has 0 radical (unpaired) electrons. The second kappa shape index (κ2) is 5.17. The van der Waals surface area contributed by atoms with Gasteiger partial charge in [-0.3, -0.25) is 0 Å². The van der Waals surface area contributed by atoms with E-state index in [1.807, 2.05) is 12.1 Å². The fourth-order valence-electron chi connectivity index (χ4n) is 1.62. The summed E-state index contributed by atoms with van der Waals surface area (Å²) in [6, 6.07) is 8.21. The average Bonchev–Trinajstić information content (AvgIpc) is 2.29. The molecule has 1 aromatic rings. The first-order valence-corrected chi connectivity index (χ1v) is 5.46. The molecule has 0 aliphatic heterocycles. The third-order valence-corrected chi connectivity index (χ3v) is 3.11. The van der Waals surface area contributed by atoms with Crippen molar-refractivity contribution in [2.75, 3.05) is 13.7 Å². The molecule has 0 amide bonds. The monoisotopic (exact) mass is 207 g/mol. The average molecular weight is 207 g/mol. The Labute approximate surface area is 92.4 Å². The van der Waals surface area contributed by atoms with E-state index in [1.54, 1.807) is 7.11 Å². The number of benzene rings is 1. The summed E-state index contributed by atoms with van der Waals surface area (Å²) in [4.78, 5) is 0. The van der Waals surface area contributed by atoms with Crippen LogP contribution in [0.1, 0.15) is 25.8 Å². The minimum Gasteiger partial charge on any atom is -0.497 e. The van der Waals surface area contributed by atoms with Crippen molar-refractivity contribution < 1.29 is 4.74 Å². The molecule has 0 spiro atoms. The summed E-state index contributed by atoms with van der Waals surface area (Å²) in [5.74, 6) is 0.919. The predicted molar refractivity (Wildman–Crippen MR) is 64.2 cm³/mol. The van der Waals surface area contributed by atoms with E-state index < -0.39 is 0 Å². The maximum Gasteiger partial charge on any atom is 0.119 e. The minimum absolute atomic E-state index is 0.201. The lowest BCUT2D eigenvalue weighted by atomic mass is 9.81. The van der Waals surface area contributed by atoms with Gasteiger partial charge < -0.3 is 10.5 Å². The Morgan fingerprint density at radius 3 is 2.67 bits per heavy atom. The zero-order chi connectivity index (χ0) is 11.3. The van der Waals surface area contributed by atoms with Crippen LogP contribution in [0.15, 0.2) is 24.3 Å². The van der Waals surface area contributed by atoms with E-state index in [-0.39, 0.29) is 5.41 Å². The Kier molecular flexibility index (Phi) is 4.15. The van der Waals surface area contributed by atoms with Crippen molar-refractivity contribution in [3.05, 3.63) is 29.8 Å². The Hall–Kier alpha value is -1.02. The van der Waals surface area contributed by atoms with E-state index in [0.29, 0.717) is 0 Å². The van der Waals surface area contributed by atoms with Gasteiger partial charge in [-0.2, -0.15) is 0 Å². The first kappa shape index (κ1) is 12.1. The lowest BCUT2D eigenvalue weighted by Gasteiger charge is -2.26. The molecule has 0 bridgehead atoms. The van der Waals surface area contributed by atoms with E-state index in [9.17, 15) is 0 Å². The Balaban J connectivity index is 2.79. The highest BCUT2D eigenvalue weighted by Gasteiger charge is 2.20. The third kappa shape index (κ3) is 3.24.